The lowest BCUT2D eigenvalue weighted by atomic mass is 10.3. The van der Waals surface area contributed by atoms with Crippen molar-refractivity contribution in [3.8, 4) is 11.5 Å². The third kappa shape index (κ3) is 2.60. The van der Waals surface area contributed by atoms with Crippen LogP contribution in [-0.4, -0.2) is 20.1 Å². The van der Waals surface area contributed by atoms with E-state index in [1.807, 2.05) is 30.5 Å². The monoisotopic (exact) mass is 273 g/mol. The fourth-order valence-corrected chi connectivity index (χ4v) is 2.22. The van der Waals surface area contributed by atoms with E-state index in [2.05, 4.69) is 20.1 Å². The van der Waals surface area contributed by atoms with Crippen LogP contribution in [0.5, 0.6) is 0 Å². The first-order valence-corrected chi connectivity index (χ1v) is 6.55. The number of rotatable bonds is 3. The molecule has 3 heterocycles. The summed E-state index contributed by atoms with van der Waals surface area (Å²) < 4.78 is 5.19. The fourth-order valence-electron chi connectivity index (χ4n) is 1.66. The van der Waals surface area contributed by atoms with Crippen LogP contribution in [0.15, 0.2) is 28.1 Å². The Balaban J connectivity index is 1.83. The van der Waals surface area contributed by atoms with E-state index in [1.165, 1.54) is 11.3 Å². The summed E-state index contributed by atoms with van der Waals surface area (Å²) >= 11 is 1.39. The first kappa shape index (κ1) is 11.8. The van der Waals surface area contributed by atoms with Gasteiger partial charge in [0.05, 0.1) is 12.1 Å². The Hall–Kier alpha value is -2.28. The van der Waals surface area contributed by atoms with Gasteiger partial charge in [-0.1, -0.05) is 11.2 Å². The molecule has 0 aromatic carbocycles. The molecule has 0 aliphatic rings. The smallest absolute Gasteiger partial charge is 0.233 e. The topological polar surface area (TPSA) is 90.7 Å². The molecule has 3 rings (SSSR count). The maximum absolute atomic E-state index is 5.58. The van der Waals surface area contributed by atoms with Crippen molar-refractivity contribution in [2.24, 2.45) is 0 Å². The predicted molar refractivity (Wildman–Crippen MR) is 71.6 cm³/mol. The van der Waals surface area contributed by atoms with Gasteiger partial charge in [0, 0.05) is 11.1 Å². The van der Waals surface area contributed by atoms with Crippen molar-refractivity contribution < 1.29 is 4.52 Å². The van der Waals surface area contributed by atoms with Crippen molar-refractivity contribution in [1.29, 1.82) is 0 Å². The van der Waals surface area contributed by atoms with Crippen LogP contribution in [0.3, 0.4) is 0 Å². The van der Waals surface area contributed by atoms with Crippen LogP contribution in [0, 0.1) is 6.92 Å². The summed E-state index contributed by atoms with van der Waals surface area (Å²) in [5, 5.41) is 6.34. The summed E-state index contributed by atoms with van der Waals surface area (Å²) in [4.78, 5) is 12.8. The van der Waals surface area contributed by atoms with E-state index in [1.54, 1.807) is 0 Å². The maximum atomic E-state index is 5.58. The van der Waals surface area contributed by atoms with Crippen LogP contribution in [0.1, 0.15) is 17.3 Å². The fraction of sp³-hybridized carbons (Fsp3) is 0.167. The molecule has 2 N–H and O–H groups in total. The van der Waals surface area contributed by atoms with Crippen molar-refractivity contribution in [3.05, 3.63) is 40.9 Å². The summed E-state index contributed by atoms with van der Waals surface area (Å²) in [6, 6.07) is 5.68. The van der Waals surface area contributed by atoms with Gasteiger partial charge < -0.3 is 10.3 Å². The molecule has 0 fully saturated rings. The number of thiazole rings is 1. The molecule has 0 radical (unpaired) electrons. The minimum absolute atomic E-state index is 0.479. The van der Waals surface area contributed by atoms with Gasteiger partial charge in [-0.15, -0.1) is 11.3 Å². The summed E-state index contributed by atoms with van der Waals surface area (Å²) in [5.41, 5.74) is 8.02. The Bertz CT molecular complexity index is 705. The highest BCUT2D eigenvalue weighted by atomic mass is 32.1. The number of aromatic nitrogens is 4. The van der Waals surface area contributed by atoms with Crippen LogP contribution in [-0.2, 0) is 6.42 Å². The Kier molecular flexibility index (Phi) is 2.96. The molecule has 0 unspecified atom stereocenters. The van der Waals surface area contributed by atoms with Gasteiger partial charge in [-0.05, 0) is 19.1 Å². The summed E-state index contributed by atoms with van der Waals surface area (Å²) in [5.74, 6) is 0.991. The number of pyridine rings is 1. The van der Waals surface area contributed by atoms with Crippen LogP contribution in [0.25, 0.3) is 11.5 Å². The standard InChI is InChI=1S/C12H11N5OS/c1-7-3-2-4-9(14-7)11-16-10(18-17-11)5-8-6-19-12(13)15-8/h2-4,6H,5H2,1H3,(H2,13,15). The molecule has 3 aromatic heterocycles. The SMILES string of the molecule is Cc1cccc(-c2noc(Cc3csc(N)n3)n2)n1. The Morgan fingerprint density at radius 1 is 1.26 bits per heavy atom. The van der Waals surface area contributed by atoms with Crippen molar-refractivity contribution >= 4 is 16.5 Å². The molecule has 0 aliphatic carbocycles. The van der Waals surface area contributed by atoms with Crippen LogP contribution in [0.4, 0.5) is 5.13 Å². The van der Waals surface area contributed by atoms with Gasteiger partial charge >= 0.3 is 0 Å². The van der Waals surface area contributed by atoms with Gasteiger partial charge in [0.25, 0.3) is 0 Å². The number of hydrogen-bond donors (Lipinski definition) is 1. The number of aryl methyl sites for hydroxylation is 1. The molecule has 0 bridgehead atoms. The molecule has 0 atom stereocenters. The Morgan fingerprint density at radius 3 is 2.89 bits per heavy atom. The van der Waals surface area contributed by atoms with Gasteiger partial charge in [-0.2, -0.15) is 4.98 Å². The van der Waals surface area contributed by atoms with Gasteiger partial charge in [0.2, 0.25) is 11.7 Å². The van der Waals surface area contributed by atoms with Gasteiger partial charge in [-0.3, -0.25) is 0 Å². The second-order valence-electron chi connectivity index (χ2n) is 4.03. The molecule has 19 heavy (non-hydrogen) atoms. The lowest BCUT2D eigenvalue weighted by Crippen LogP contribution is -1.91. The average Bonchev–Trinajstić information content (AvgIpc) is 2.99. The minimum atomic E-state index is 0.479. The van der Waals surface area contributed by atoms with Gasteiger partial charge in [0.15, 0.2) is 5.13 Å². The molecule has 0 spiro atoms. The highest BCUT2D eigenvalue weighted by Gasteiger charge is 2.11. The van der Waals surface area contributed by atoms with E-state index in [0.717, 1.165) is 11.4 Å². The van der Waals surface area contributed by atoms with Gasteiger partial charge in [0.1, 0.15) is 5.69 Å². The summed E-state index contributed by atoms with van der Waals surface area (Å²) in [6.45, 7) is 1.92. The van der Waals surface area contributed by atoms with Crippen LogP contribution in [0.2, 0.25) is 0 Å². The van der Waals surface area contributed by atoms with Crippen LogP contribution < -0.4 is 5.73 Å². The molecule has 7 heteroatoms. The summed E-state index contributed by atoms with van der Waals surface area (Å²) in [6.07, 6.45) is 0.479. The average molecular weight is 273 g/mol. The first-order valence-electron chi connectivity index (χ1n) is 5.67. The van der Waals surface area contributed by atoms with Crippen LogP contribution >= 0.6 is 11.3 Å². The van der Waals surface area contributed by atoms with Crippen molar-refractivity contribution in [3.63, 3.8) is 0 Å². The van der Waals surface area contributed by atoms with E-state index >= 15 is 0 Å². The lowest BCUT2D eigenvalue weighted by molar-refractivity contribution is 0.385. The van der Waals surface area contributed by atoms with E-state index in [-0.39, 0.29) is 0 Å². The van der Waals surface area contributed by atoms with E-state index in [4.69, 9.17) is 10.3 Å². The number of nitrogens with zero attached hydrogens (tertiary/aromatic N) is 4. The molecular weight excluding hydrogens is 262 g/mol. The molecule has 6 nitrogen and oxygen atoms in total. The number of anilines is 1. The number of nitrogens with two attached hydrogens (primary N) is 1. The molecule has 0 saturated carbocycles. The number of hydrogen-bond acceptors (Lipinski definition) is 7. The minimum Gasteiger partial charge on any atom is -0.375 e. The zero-order valence-electron chi connectivity index (χ0n) is 10.2. The zero-order chi connectivity index (χ0) is 13.2. The highest BCUT2D eigenvalue weighted by Crippen LogP contribution is 2.17. The third-order valence-corrected chi connectivity index (χ3v) is 3.21. The normalized spacial score (nSPS) is 10.8. The van der Waals surface area contributed by atoms with E-state index in [0.29, 0.717) is 29.0 Å². The van der Waals surface area contributed by atoms with Crippen molar-refractivity contribution in [2.75, 3.05) is 5.73 Å². The first-order chi connectivity index (χ1) is 9.20. The second-order valence-corrected chi connectivity index (χ2v) is 4.92. The molecule has 3 aromatic rings. The molecule has 0 amide bonds. The second kappa shape index (κ2) is 4.77. The quantitative estimate of drug-likeness (QED) is 0.785. The van der Waals surface area contributed by atoms with Crippen molar-refractivity contribution in [1.82, 2.24) is 20.1 Å². The lowest BCUT2D eigenvalue weighted by Gasteiger charge is -1.94. The van der Waals surface area contributed by atoms with Crippen molar-refractivity contribution in [2.45, 2.75) is 13.3 Å². The van der Waals surface area contributed by atoms with E-state index < -0.39 is 0 Å². The predicted octanol–water partition coefficient (Wildman–Crippen LogP) is 2.07. The maximum Gasteiger partial charge on any atom is 0.233 e. The molecule has 0 saturated heterocycles. The molecule has 0 aliphatic heterocycles. The van der Waals surface area contributed by atoms with E-state index in [9.17, 15) is 0 Å². The number of nitrogen functional groups attached to an aromatic ring is 1. The third-order valence-electron chi connectivity index (χ3n) is 2.49. The Morgan fingerprint density at radius 2 is 2.16 bits per heavy atom. The summed E-state index contributed by atoms with van der Waals surface area (Å²) in [7, 11) is 0. The molecule has 96 valence electrons. The highest BCUT2D eigenvalue weighted by molar-refractivity contribution is 7.13. The Labute approximate surface area is 113 Å². The largest absolute Gasteiger partial charge is 0.375 e. The van der Waals surface area contributed by atoms with Gasteiger partial charge in [-0.25, -0.2) is 9.97 Å². The zero-order valence-corrected chi connectivity index (χ0v) is 11.0. The molecular formula is C12H11N5OS.